The molecule has 0 spiro atoms. The fraction of sp³-hybridized carbons (Fsp3) is 0.963. The predicted octanol–water partition coefficient (Wildman–Crippen LogP) is 7.22. The minimum absolute atomic E-state index is 0.135. The number of alkyl halides is 1. The van der Waals surface area contributed by atoms with Crippen LogP contribution in [0.5, 0.6) is 0 Å². The fourth-order valence-corrected chi connectivity index (χ4v) is 3.67. The quantitative estimate of drug-likeness (QED) is 0.130. The van der Waals surface area contributed by atoms with Crippen LogP contribution in [0.4, 0.5) is 4.39 Å². The van der Waals surface area contributed by atoms with Gasteiger partial charge in [-0.15, -0.1) is 0 Å². The van der Waals surface area contributed by atoms with Gasteiger partial charge in [0.25, 0.3) is 0 Å². The summed E-state index contributed by atoms with van der Waals surface area (Å²) >= 11 is 0. The van der Waals surface area contributed by atoms with Crippen molar-refractivity contribution in [1.82, 2.24) is 0 Å². The molecule has 0 aromatic carbocycles. The van der Waals surface area contributed by atoms with Crippen molar-refractivity contribution in [3.63, 3.8) is 0 Å². The minimum atomic E-state index is -0.990. The summed E-state index contributed by atoms with van der Waals surface area (Å²) in [7, 11) is 6.88. The Balaban J connectivity index is 0. The van der Waals surface area contributed by atoms with Gasteiger partial charge < -0.3 is 14.4 Å². The Bertz CT molecular complexity index is 356. The van der Waals surface area contributed by atoms with Crippen molar-refractivity contribution >= 4 is 5.97 Å². The molecule has 0 fully saturated rings. The molecule has 0 unspecified atom stereocenters. The second-order valence-corrected chi connectivity index (χ2v) is 10.2. The first kappa shape index (κ1) is 32.5. The number of carbonyl (C=O) groups excluding carboxylic acids is 1. The van der Waals surface area contributed by atoms with Gasteiger partial charge in [-0.25, -0.2) is 0 Å². The van der Waals surface area contributed by atoms with Gasteiger partial charge in [0, 0.05) is 5.97 Å². The molecule has 188 valence electrons. The SMILES string of the molecule is CCCCCCCCCCCCCCCC[N+](C)(C)C.O=C([O-])CCCCCCCF. The molecule has 3 nitrogen and oxygen atoms in total. The third-order valence-corrected chi connectivity index (χ3v) is 5.70. The van der Waals surface area contributed by atoms with E-state index in [4.69, 9.17) is 0 Å². The number of hydrogen-bond acceptors (Lipinski definition) is 2. The molecule has 0 saturated carbocycles. The van der Waals surface area contributed by atoms with Gasteiger partial charge in [-0.1, -0.05) is 103 Å². The second-order valence-electron chi connectivity index (χ2n) is 10.2. The van der Waals surface area contributed by atoms with Crippen molar-refractivity contribution in [3.8, 4) is 0 Å². The molecular formula is C27H56FNO2. The van der Waals surface area contributed by atoms with Crippen molar-refractivity contribution in [2.75, 3.05) is 34.4 Å². The molecule has 0 aromatic rings. The van der Waals surface area contributed by atoms with E-state index in [9.17, 15) is 14.3 Å². The largest absolute Gasteiger partial charge is 0.550 e. The number of aliphatic carboxylic acids is 1. The first-order valence-electron chi connectivity index (χ1n) is 13.4. The van der Waals surface area contributed by atoms with Crippen LogP contribution in [-0.2, 0) is 4.79 Å². The Kier molecular flexibility index (Phi) is 26.9. The molecular weight excluding hydrogens is 389 g/mol. The average molecular weight is 446 g/mol. The number of nitrogens with zero attached hydrogens (tertiary/aromatic N) is 1. The van der Waals surface area contributed by atoms with Gasteiger partial charge in [0.15, 0.2) is 0 Å². The molecule has 0 amide bonds. The van der Waals surface area contributed by atoms with Crippen molar-refractivity contribution in [2.45, 2.75) is 135 Å². The minimum Gasteiger partial charge on any atom is -0.550 e. The molecule has 0 aliphatic carbocycles. The molecule has 0 saturated heterocycles. The van der Waals surface area contributed by atoms with Crippen LogP contribution in [0.25, 0.3) is 0 Å². The van der Waals surface area contributed by atoms with E-state index in [1.807, 2.05) is 0 Å². The molecule has 0 rings (SSSR count). The molecule has 0 aliphatic rings. The second kappa shape index (κ2) is 25.6. The van der Waals surface area contributed by atoms with Crippen LogP contribution >= 0.6 is 0 Å². The van der Waals surface area contributed by atoms with E-state index in [0.717, 1.165) is 23.7 Å². The zero-order valence-corrected chi connectivity index (χ0v) is 21.7. The fourth-order valence-electron chi connectivity index (χ4n) is 3.67. The lowest BCUT2D eigenvalue weighted by atomic mass is 10.0. The number of hydrogen-bond donors (Lipinski definition) is 0. The first-order chi connectivity index (χ1) is 14.8. The monoisotopic (exact) mass is 445 g/mol. The number of carboxylic acid groups (broad SMARTS) is 1. The first-order valence-corrected chi connectivity index (χ1v) is 13.4. The molecule has 0 bridgehead atoms. The molecule has 0 atom stereocenters. The summed E-state index contributed by atoms with van der Waals surface area (Å²) in [6.07, 6.45) is 24.4. The lowest BCUT2D eigenvalue weighted by Crippen LogP contribution is -2.35. The maximum absolute atomic E-state index is 11.5. The third-order valence-electron chi connectivity index (χ3n) is 5.70. The maximum Gasteiger partial charge on any atom is 0.0894 e. The van der Waals surface area contributed by atoms with Gasteiger partial charge in [0.2, 0.25) is 0 Å². The molecule has 0 radical (unpaired) electrons. The zero-order valence-electron chi connectivity index (χ0n) is 21.7. The average Bonchev–Trinajstić information content (AvgIpc) is 2.70. The summed E-state index contributed by atoms with van der Waals surface area (Å²) in [5.41, 5.74) is 0. The molecule has 0 heterocycles. The number of carboxylic acids is 1. The van der Waals surface area contributed by atoms with Gasteiger partial charge in [0.05, 0.1) is 34.4 Å². The van der Waals surface area contributed by atoms with Crippen LogP contribution in [0.15, 0.2) is 0 Å². The van der Waals surface area contributed by atoms with E-state index in [0.29, 0.717) is 12.8 Å². The summed E-state index contributed by atoms with van der Waals surface area (Å²) in [6, 6.07) is 0. The van der Waals surface area contributed by atoms with Gasteiger partial charge in [-0.05, 0) is 32.1 Å². The summed E-state index contributed by atoms with van der Waals surface area (Å²) in [5.74, 6) is -0.990. The molecule has 31 heavy (non-hydrogen) atoms. The van der Waals surface area contributed by atoms with E-state index < -0.39 is 5.97 Å². The van der Waals surface area contributed by atoms with Gasteiger partial charge in [-0.3, -0.25) is 4.39 Å². The van der Waals surface area contributed by atoms with Crippen molar-refractivity contribution in [3.05, 3.63) is 0 Å². The Morgan fingerprint density at radius 3 is 1.32 bits per heavy atom. The van der Waals surface area contributed by atoms with E-state index in [1.165, 1.54) is 96.4 Å². The summed E-state index contributed by atoms with van der Waals surface area (Å²) in [5, 5.41) is 9.92. The number of rotatable bonds is 22. The Hall–Kier alpha value is -0.640. The summed E-state index contributed by atoms with van der Waals surface area (Å²) < 4.78 is 12.6. The Morgan fingerprint density at radius 1 is 0.613 bits per heavy atom. The van der Waals surface area contributed by atoms with Crippen molar-refractivity contribution in [2.24, 2.45) is 0 Å². The highest BCUT2D eigenvalue weighted by atomic mass is 19.1. The van der Waals surface area contributed by atoms with Crippen LogP contribution in [-0.4, -0.2) is 44.8 Å². The summed E-state index contributed by atoms with van der Waals surface area (Å²) in [6.45, 7) is 3.36. The van der Waals surface area contributed by atoms with Crippen LogP contribution in [0.3, 0.4) is 0 Å². The van der Waals surface area contributed by atoms with Gasteiger partial charge in [-0.2, -0.15) is 0 Å². The van der Waals surface area contributed by atoms with E-state index >= 15 is 0 Å². The Morgan fingerprint density at radius 2 is 0.968 bits per heavy atom. The molecule has 4 heteroatoms. The molecule has 0 aliphatic heterocycles. The highest BCUT2D eigenvalue weighted by Gasteiger charge is 2.04. The standard InChI is InChI=1S/C19H42N.C8H15FO2/c1-5-6-7-8-9-10-11-12-13-14-15-16-17-18-19-20(2,3)4;9-7-5-3-1-2-4-6-8(10)11/h5-19H2,1-4H3;1-7H2,(H,10,11)/q+1;/p-1. The van der Waals surface area contributed by atoms with Crippen molar-refractivity contribution < 1.29 is 18.8 Å². The predicted molar refractivity (Wildman–Crippen MR) is 132 cm³/mol. The van der Waals surface area contributed by atoms with Gasteiger partial charge >= 0.3 is 0 Å². The number of halogens is 1. The maximum atomic E-state index is 11.5. The number of quaternary nitrogens is 1. The van der Waals surface area contributed by atoms with E-state index in [-0.39, 0.29) is 13.1 Å². The van der Waals surface area contributed by atoms with Crippen molar-refractivity contribution in [1.29, 1.82) is 0 Å². The Labute approximate surface area is 194 Å². The highest BCUT2D eigenvalue weighted by Crippen LogP contribution is 2.13. The lowest BCUT2D eigenvalue weighted by molar-refractivity contribution is -0.870. The number of unbranched alkanes of at least 4 members (excludes halogenated alkanes) is 17. The topological polar surface area (TPSA) is 40.1 Å². The molecule has 0 aromatic heterocycles. The van der Waals surface area contributed by atoms with Crippen LogP contribution in [0.1, 0.15) is 135 Å². The zero-order chi connectivity index (χ0) is 23.6. The third kappa shape index (κ3) is 37.0. The van der Waals surface area contributed by atoms with Gasteiger partial charge in [0.1, 0.15) is 0 Å². The van der Waals surface area contributed by atoms with E-state index in [1.54, 1.807) is 0 Å². The van der Waals surface area contributed by atoms with E-state index in [2.05, 4.69) is 28.1 Å². The van der Waals surface area contributed by atoms with Crippen LogP contribution in [0.2, 0.25) is 0 Å². The van der Waals surface area contributed by atoms with Crippen LogP contribution in [0, 0.1) is 0 Å². The molecule has 0 N–H and O–H groups in total. The number of carbonyl (C=O) groups is 1. The highest BCUT2D eigenvalue weighted by molar-refractivity contribution is 5.63. The smallest absolute Gasteiger partial charge is 0.0894 e. The normalized spacial score (nSPS) is 11.3. The summed E-state index contributed by atoms with van der Waals surface area (Å²) in [4.78, 5) is 9.92. The van der Waals surface area contributed by atoms with Crippen LogP contribution < -0.4 is 5.11 Å². The lowest BCUT2D eigenvalue weighted by Gasteiger charge is -2.23.